The fraction of sp³-hybridized carbons (Fsp3) is 0.667. The number of aromatic nitrogens is 2. The quantitative estimate of drug-likeness (QED) is 0.760. The minimum absolute atomic E-state index is 0.157. The molecule has 1 aromatic rings. The summed E-state index contributed by atoms with van der Waals surface area (Å²) in [6, 6.07) is 0. The molecule has 13 heavy (non-hydrogen) atoms. The Morgan fingerprint density at radius 2 is 2.23 bits per heavy atom. The maximum atomic E-state index is 9.10. The van der Waals surface area contributed by atoms with E-state index in [0.717, 1.165) is 5.75 Å². The first kappa shape index (κ1) is 10.1. The van der Waals surface area contributed by atoms with Gasteiger partial charge in [0.1, 0.15) is 0 Å². The SMILES string of the molecule is CC(O)Cn1cc(OC(C)C)cn1. The van der Waals surface area contributed by atoms with E-state index >= 15 is 0 Å². The van der Waals surface area contributed by atoms with Gasteiger partial charge in [-0.05, 0) is 20.8 Å². The Balaban J connectivity index is 2.53. The molecule has 0 aliphatic heterocycles. The van der Waals surface area contributed by atoms with Crippen LogP contribution in [-0.4, -0.2) is 27.1 Å². The third-order valence-electron chi connectivity index (χ3n) is 1.43. The zero-order valence-electron chi connectivity index (χ0n) is 8.27. The molecule has 1 N–H and O–H groups in total. The van der Waals surface area contributed by atoms with E-state index in [9.17, 15) is 0 Å². The van der Waals surface area contributed by atoms with Crippen molar-refractivity contribution < 1.29 is 9.84 Å². The number of hydrogen-bond donors (Lipinski definition) is 1. The third-order valence-corrected chi connectivity index (χ3v) is 1.43. The van der Waals surface area contributed by atoms with Crippen LogP contribution < -0.4 is 4.74 Å². The van der Waals surface area contributed by atoms with Crippen molar-refractivity contribution in [1.82, 2.24) is 9.78 Å². The Morgan fingerprint density at radius 3 is 2.77 bits per heavy atom. The summed E-state index contributed by atoms with van der Waals surface area (Å²) in [5, 5.41) is 13.1. The maximum Gasteiger partial charge on any atom is 0.157 e. The topological polar surface area (TPSA) is 47.3 Å². The lowest BCUT2D eigenvalue weighted by Gasteiger charge is -2.06. The maximum absolute atomic E-state index is 9.10. The largest absolute Gasteiger partial charge is 0.488 e. The normalized spacial score (nSPS) is 13.3. The highest BCUT2D eigenvalue weighted by Gasteiger charge is 2.03. The summed E-state index contributed by atoms with van der Waals surface area (Å²) in [5.41, 5.74) is 0. The van der Waals surface area contributed by atoms with Crippen LogP contribution in [0.15, 0.2) is 12.4 Å². The lowest BCUT2D eigenvalue weighted by atomic mass is 10.4. The molecule has 1 unspecified atom stereocenters. The van der Waals surface area contributed by atoms with Crippen LogP contribution in [0.2, 0.25) is 0 Å². The Morgan fingerprint density at radius 1 is 1.54 bits per heavy atom. The fourth-order valence-corrected chi connectivity index (χ4v) is 1.05. The Bertz CT molecular complexity index is 231. The van der Waals surface area contributed by atoms with Crippen molar-refractivity contribution in [2.45, 2.75) is 39.5 Å². The van der Waals surface area contributed by atoms with Crippen LogP contribution in [0.1, 0.15) is 20.8 Å². The second-order valence-corrected chi connectivity index (χ2v) is 3.41. The van der Waals surface area contributed by atoms with Gasteiger partial charge in [-0.15, -0.1) is 0 Å². The summed E-state index contributed by atoms with van der Waals surface area (Å²) < 4.78 is 7.08. The first-order valence-corrected chi connectivity index (χ1v) is 4.45. The molecule has 0 spiro atoms. The molecule has 0 aliphatic carbocycles. The van der Waals surface area contributed by atoms with Gasteiger partial charge in [0.2, 0.25) is 0 Å². The Labute approximate surface area is 78.1 Å². The summed E-state index contributed by atoms with van der Waals surface area (Å²) in [5.74, 6) is 0.746. The molecule has 74 valence electrons. The molecule has 0 saturated carbocycles. The van der Waals surface area contributed by atoms with Crippen molar-refractivity contribution in [3.8, 4) is 5.75 Å². The highest BCUT2D eigenvalue weighted by atomic mass is 16.5. The number of ether oxygens (including phenoxy) is 1. The van der Waals surface area contributed by atoms with Gasteiger partial charge in [0.05, 0.1) is 31.1 Å². The molecule has 0 aromatic carbocycles. The highest BCUT2D eigenvalue weighted by molar-refractivity contribution is 5.11. The van der Waals surface area contributed by atoms with Crippen molar-refractivity contribution in [1.29, 1.82) is 0 Å². The molecule has 1 heterocycles. The fourth-order valence-electron chi connectivity index (χ4n) is 1.05. The Hall–Kier alpha value is -1.03. The third kappa shape index (κ3) is 3.46. The number of nitrogens with zero attached hydrogens (tertiary/aromatic N) is 2. The minimum atomic E-state index is -0.383. The first-order valence-electron chi connectivity index (χ1n) is 4.45. The van der Waals surface area contributed by atoms with Crippen molar-refractivity contribution in [3.05, 3.63) is 12.4 Å². The lowest BCUT2D eigenvalue weighted by molar-refractivity contribution is 0.168. The number of aliphatic hydroxyl groups is 1. The van der Waals surface area contributed by atoms with Gasteiger partial charge in [-0.3, -0.25) is 4.68 Å². The summed E-state index contributed by atoms with van der Waals surface area (Å²) in [6.45, 7) is 6.16. The minimum Gasteiger partial charge on any atom is -0.488 e. The number of aliphatic hydroxyl groups excluding tert-OH is 1. The van der Waals surface area contributed by atoms with Crippen molar-refractivity contribution in [2.75, 3.05) is 0 Å². The average Bonchev–Trinajstić information content (AvgIpc) is 2.33. The first-order chi connectivity index (χ1) is 6.08. The highest BCUT2D eigenvalue weighted by Crippen LogP contribution is 2.10. The molecule has 0 amide bonds. The molecule has 1 rings (SSSR count). The Kier molecular flexibility index (Phi) is 3.31. The van der Waals surface area contributed by atoms with Gasteiger partial charge in [-0.1, -0.05) is 0 Å². The number of rotatable bonds is 4. The van der Waals surface area contributed by atoms with Crippen LogP contribution in [0.25, 0.3) is 0 Å². The van der Waals surface area contributed by atoms with Gasteiger partial charge in [0, 0.05) is 0 Å². The van der Waals surface area contributed by atoms with Gasteiger partial charge >= 0.3 is 0 Å². The van der Waals surface area contributed by atoms with E-state index in [1.165, 1.54) is 0 Å². The molecule has 0 saturated heterocycles. The molecule has 4 heteroatoms. The van der Waals surface area contributed by atoms with Gasteiger partial charge in [-0.25, -0.2) is 0 Å². The average molecular weight is 184 g/mol. The molecule has 0 fully saturated rings. The van der Waals surface area contributed by atoms with E-state index in [0.29, 0.717) is 6.54 Å². The van der Waals surface area contributed by atoms with Gasteiger partial charge < -0.3 is 9.84 Å². The molecule has 0 bridgehead atoms. The van der Waals surface area contributed by atoms with Crippen molar-refractivity contribution in [3.63, 3.8) is 0 Å². The second-order valence-electron chi connectivity index (χ2n) is 3.41. The van der Waals surface area contributed by atoms with E-state index < -0.39 is 0 Å². The van der Waals surface area contributed by atoms with E-state index in [1.54, 1.807) is 24.0 Å². The lowest BCUT2D eigenvalue weighted by Crippen LogP contribution is -2.11. The zero-order chi connectivity index (χ0) is 9.84. The zero-order valence-corrected chi connectivity index (χ0v) is 8.27. The summed E-state index contributed by atoms with van der Waals surface area (Å²) >= 11 is 0. The molecule has 0 aliphatic rings. The smallest absolute Gasteiger partial charge is 0.157 e. The van der Waals surface area contributed by atoms with Crippen LogP contribution in [0, 0.1) is 0 Å². The van der Waals surface area contributed by atoms with Crippen LogP contribution in [0.3, 0.4) is 0 Å². The van der Waals surface area contributed by atoms with E-state index in [2.05, 4.69) is 5.10 Å². The van der Waals surface area contributed by atoms with Gasteiger partial charge in [-0.2, -0.15) is 5.10 Å². The van der Waals surface area contributed by atoms with E-state index in [1.807, 2.05) is 13.8 Å². The van der Waals surface area contributed by atoms with Crippen molar-refractivity contribution in [2.24, 2.45) is 0 Å². The predicted octanol–water partition coefficient (Wildman–Crippen LogP) is 1.05. The van der Waals surface area contributed by atoms with Crippen LogP contribution in [0.5, 0.6) is 5.75 Å². The summed E-state index contributed by atoms with van der Waals surface area (Å²) in [7, 11) is 0. The van der Waals surface area contributed by atoms with Crippen LogP contribution in [-0.2, 0) is 6.54 Å². The molecule has 1 atom stereocenters. The van der Waals surface area contributed by atoms with E-state index in [-0.39, 0.29) is 12.2 Å². The van der Waals surface area contributed by atoms with Gasteiger partial charge in [0.15, 0.2) is 5.75 Å². The molecule has 0 radical (unpaired) electrons. The molecular formula is C9H16N2O2. The van der Waals surface area contributed by atoms with E-state index in [4.69, 9.17) is 9.84 Å². The molecule has 4 nitrogen and oxygen atoms in total. The predicted molar refractivity (Wildman–Crippen MR) is 49.7 cm³/mol. The van der Waals surface area contributed by atoms with Crippen molar-refractivity contribution >= 4 is 0 Å². The number of hydrogen-bond acceptors (Lipinski definition) is 3. The monoisotopic (exact) mass is 184 g/mol. The second kappa shape index (κ2) is 4.28. The molecular weight excluding hydrogens is 168 g/mol. The van der Waals surface area contributed by atoms with Gasteiger partial charge in [0.25, 0.3) is 0 Å². The van der Waals surface area contributed by atoms with Crippen LogP contribution in [0.4, 0.5) is 0 Å². The summed E-state index contributed by atoms with van der Waals surface area (Å²) in [4.78, 5) is 0. The molecule has 1 aromatic heterocycles. The summed E-state index contributed by atoms with van der Waals surface area (Å²) in [6.07, 6.45) is 3.21. The standard InChI is InChI=1S/C9H16N2O2/c1-7(2)13-9-4-10-11(6-9)5-8(3)12/h4,6-8,12H,5H2,1-3H3. The van der Waals surface area contributed by atoms with Crippen LogP contribution >= 0.6 is 0 Å².